The molecule has 4 heteroatoms. The molecule has 0 aliphatic rings. The summed E-state index contributed by atoms with van der Waals surface area (Å²) in [5.41, 5.74) is 4.99. The van der Waals surface area contributed by atoms with E-state index in [4.69, 9.17) is 15.9 Å². The van der Waals surface area contributed by atoms with Crippen LogP contribution in [0.4, 0.5) is 0 Å². The second-order valence-electron chi connectivity index (χ2n) is 1.57. The van der Waals surface area contributed by atoms with Crippen molar-refractivity contribution < 1.29 is 9.47 Å². The van der Waals surface area contributed by atoms with Crippen molar-refractivity contribution in [2.24, 2.45) is 5.73 Å². The Balaban J connectivity index is 2.83. The van der Waals surface area contributed by atoms with Crippen molar-refractivity contribution in [1.29, 1.82) is 5.41 Å². The molecule has 0 radical (unpaired) electrons. The molecule has 0 spiro atoms. The number of nitrogens with one attached hydrogen (secondary N) is 1. The van der Waals surface area contributed by atoms with Gasteiger partial charge in [-0.2, -0.15) is 0 Å². The Morgan fingerprint density at radius 1 is 1.56 bits per heavy atom. The molecule has 0 aromatic heterocycles. The minimum absolute atomic E-state index is 0.0473. The van der Waals surface area contributed by atoms with Crippen LogP contribution in [0.2, 0.25) is 0 Å². The summed E-state index contributed by atoms with van der Waals surface area (Å²) in [7, 11) is 1.59. The second kappa shape index (κ2) is 5.53. The van der Waals surface area contributed by atoms with Gasteiger partial charge < -0.3 is 15.2 Å². The molecule has 0 aliphatic heterocycles. The highest BCUT2D eigenvalue weighted by Gasteiger charge is 1.87. The summed E-state index contributed by atoms with van der Waals surface area (Å²) < 4.78 is 9.55. The van der Waals surface area contributed by atoms with Crippen LogP contribution >= 0.6 is 0 Å². The van der Waals surface area contributed by atoms with E-state index in [-0.39, 0.29) is 12.4 Å². The molecule has 0 saturated carbocycles. The molecule has 0 aromatic rings. The summed E-state index contributed by atoms with van der Waals surface area (Å²) in [5.74, 6) is 0.0473. The molecule has 0 bridgehead atoms. The molecule has 0 aliphatic carbocycles. The lowest BCUT2D eigenvalue weighted by Gasteiger charge is -1.99. The van der Waals surface area contributed by atoms with E-state index in [9.17, 15) is 0 Å². The lowest BCUT2D eigenvalue weighted by atomic mass is 10.6. The van der Waals surface area contributed by atoms with E-state index in [0.717, 1.165) is 0 Å². The van der Waals surface area contributed by atoms with Crippen LogP contribution in [0.5, 0.6) is 0 Å². The number of nitrogens with two attached hydrogens (primary N) is 1. The quantitative estimate of drug-likeness (QED) is 0.303. The summed E-state index contributed by atoms with van der Waals surface area (Å²) in [5, 5.41) is 6.74. The third kappa shape index (κ3) is 7.39. The van der Waals surface area contributed by atoms with Crippen molar-refractivity contribution >= 4 is 5.84 Å². The van der Waals surface area contributed by atoms with E-state index >= 15 is 0 Å². The van der Waals surface area contributed by atoms with E-state index < -0.39 is 0 Å². The van der Waals surface area contributed by atoms with E-state index in [1.54, 1.807) is 7.11 Å². The van der Waals surface area contributed by atoms with Crippen molar-refractivity contribution in [2.45, 2.75) is 0 Å². The van der Waals surface area contributed by atoms with Crippen molar-refractivity contribution in [3.8, 4) is 0 Å². The highest BCUT2D eigenvalue weighted by atomic mass is 16.5. The molecule has 0 atom stereocenters. The fraction of sp³-hybridized carbons (Fsp3) is 0.800. The van der Waals surface area contributed by atoms with Crippen LogP contribution in [0.15, 0.2) is 0 Å². The molecule has 0 rings (SSSR count). The zero-order chi connectivity index (χ0) is 7.11. The maximum atomic E-state index is 6.74. The third-order valence-corrected chi connectivity index (χ3v) is 0.689. The van der Waals surface area contributed by atoms with Gasteiger partial charge in [-0.3, -0.25) is 5.41 Å². The second-order valence-corrected chi connectivity index (χ2v) is 1.57. The third-order valence-electron chi connectivity index (χ3n) is 0.689. The smallest absolute Gasteiger partial charge is 0.117 e. The topological polar surface area (TPSA) is 68.3 Å². The minimum atomic E-state index is 0.0473. The van der Waals surface area contributed by atoms with Crippen LogP contribution in [0, 0.1) is 5.41 Å². The summed E-state index contributed by atoms with van der Waals surface area (Å²) >= 11 is 0. The summed E-state index contributed by atoms with van der Waals surface area (Å²) in [4.78, 5) is 0. The molecule has 3 N–H and O–H groups in total. The van der Waals surface area contributed by atoms with Gasteiger partial charge in [-0.1, -0.05) is 0 Å². The molecule has 0 saturated heterocycles. The predicted octanol–water partition coefficient (Wildman–Crippen LogP) is -0.415. The Bertz CT molecular complexity index is 85.0. The van der Waals surface area contributed by atoms with Gasteiger partial charge in [-0.05, 0) is 0 Å². The van der Waals surface area contributed by atoms with Gasteiger partial charge in [0.25, 0.3) is 0 Å². The van der Waals surface area contributed by atoms with Gasteiger partial charge in [0.2, 0.25) is 0 Å². The van der Waals surface area contributed by atoms with Crippen molar-refractivity contribution in [1.82, 2.24) is 0 Å². The van der Waals surface area contributed by atoms with Crippen LogP contribution in [-0.2, 0) is 9.47 Å². The van der Waals surface area contributed by atoms with Gasteiger partial charge in [0, 0.05) is 7.11 Å². The van der Waals surface area contributed by atoms with E-state index in [2.05, 4.69) is 4.74 Å². The Kier molecular flexibility index (Phi) is 5.15. The Morgan fingerprint density at radius 3 is 2.67 bits per heavy atom. The van der Waals surface area contributed by atoms with Gasteiger partial charge in [0.15, 0.2) is 0 Å². The number of hydrogen-bond acceptors (Lipinski definition) is 3. The van der Waals surface area contributed by atoms with Crippen LogP contribution in [0.25, 0.3) is 0 Å². The van der Waals surface area contributed by atoms with Crippen LogP contribution in [0.3, 0.4) is 0 Å². The molecule has 9 heavy (non-hydrogen) atoms. The summed E-state index contributed by atoms with van der Waals surface area (Å²) in [6.07, 6.45) is 0. The first-order valence-corrected chi connectivity index (χ1v) is 2.67. The number of methoxy groups -OCH3 is 1. The molecular weight excluding hydrogens is 120 g/mol. The van der Waals surface area contributed by atoms with Crippen LogP contribution < -0.4 is 5.73 Å². The van der Waals surface area contributed by atoms with E-state index in [0.29, 0.717) is 13.2 Å². The first-order valence-electron chi connectivity index (χ1n) is 2.67. The number of ether oxygens (including phenoxy) is 2. The molecule has 0 amide bonds. The van der Waals surface area contributed by atoms with Crippen LogP contribution in [0.1, 0.15) is 0 Å². The van der Waals surface area contributed by atoms with Gasteiger partial charge >= 0.3 is 0 Å². The number of amidine groups is 1. The maximum absolute atomic E-state index is 6.74. The molecule has 4 nitrogen and oxygen atoms in total. The van der Waals surface area contributed by atoms with E-state index in [1.165, 1.54) is 0 Å². The number of rotatable bonds is 5. The highest BCUT2D eigenvalue weighted by Crippen LogP contribution is 1.73. The Labute approximate surface area is 54.5 Å². The lowest BCUT2D eigenvalue weighted by Crippen LogP contribution is -2.18. The molecule has 54 valence electrons. The largest absolute Gasteiger partial charge is 0.386 e. The standard InChI is InChI=1S/C5H12N2O2/c1-8-2-3-9-4-5(6)7/h2-4H2,1H3,(H3,6,7). The monoisotopic (exact) mass is 132 g/mol. The fourth-order valence-electron chi connectivity index (χ4n) is 0.324. The fourth-order valence-corrected chi connectivity index (χ4v) is 0.324. The number of hydrogen-bond donors (Lipinski definition) is 2. The highest BCUT2D eigenvalue weighted by molar-refractivity contribution is 5.78. The molecule has 0 aromatic carbocycles. The SMILES string of the molecule is COCCOCC(=N)N. The average Bonchev–Trinajstić information content (AvgIpc) is 1.80. The minimum Gasteiger partial charge on any atom is -0.386 e. The Morgan fingerprint density at radius 2 is 2.22 bits per heavy atom. The Hall–Kier alpha value is -0.610. The first-order chi connectivity index (χ1) is 4.27. The zero-order valence-corrected chi connectivity index (χ0v) is 5.52. The summed E-state index contributed by atoms with van der Waals surface area (Å²) in [6.45, 7) is 1.24. The van der Waals surface area contributed by atoms with Gasteiger partial charge in [-0.15, -0.1) is 0 Å². The summed E-state index contributed by atoms with van der Waals surface area (Å²) in [6, 6.07) is 0. The van der Waals surface area contributed by atoms with Crippen molar-refractivity contribution in [2.75, 3.05) is 26.9 Å². The zero-order valence-electron chi connectivity index (χ0n) is 5.52. The average molecular weight is 132 g/mol. The molecule has 0 fully saturated rings. The van der Waals surface area contributed by atoms with Gasteiger partial charge in [-0.25, -0.2) is 0 Å². The van der Waals surface area contributed by atoms with Gasteiger partial charge in [0.05, 0.1) is 13.2 Å². The maximum Gasteiger partial charge on any atom is 0.117 e. The predicted molar refractivity (Wildman–Crippen MR) is 34.6 cm³/mol. The lowest BCUT2D eigenvalue weighted by molar-refractivity contribution is 0.0896. The van der Waals surface area contributed by atoms with Crippen molar-refractivity contribution in [3.63, 3.8) is 0 Å². The molecule has 0 unspecified atom stereocenters. The molecular formula is C5H12N2O2. The van der Waals surface area contributed by atoms with Crippen molar-refractivity contribution in [3.05, 3.63) is 0 Å². The van der Waals surface area contributed by atoms with Crippen LogP contribution in [-0.4, -0.2) is 32.8 Å². The normalized spacial score (nSPS) is 9.44. The van der Waals surface area contributed by atoms with E-state index in [1.807, 2.05) is 0 Å². The first kappa shape index (κ1) is 8.39. The van der Waals surface area contributed by atoms with Gasteiger partial charge in [0.1, 0.15) is 12.4 Å². The molecule has 0 heterocycles.